The molecule has 124 valence electrons. The van der Waals surface area contributed by atoms with Crippen molar-refractivity contribution < 1.29 is 13.3 Å². The average molecular weight is 350 g/mol. The quantitative estimate of drug-likeness (QED) is 0.489. The summed E-state index contributed by atoms with van der Waals surface area (Å²) < 4.78 is 27.2. The Kier molecular flexibility index (Phi) is 6.73. The van der Waals surface area contributed by atoms with Gasteiger partial charge in [-0.2, -0.15) is 0 Å². The maximum Gasteiger partial charge on any atom is 0.269 e. The van der Waals surface area contributed by atoms with Crippen LogP contribution in [0.15, 0.2) is 29.2 Å². The Morgan fingerprint density at radius 1 is 1.14 bits per heavy atom. The number of nitro groups is 1. The van der Waals surface area contributed by atoms with Gasteiger partial charge in [0.2, 0.25) is 10.0 Å². The summed E-state index contributed by atoms with van der Waals surface area (Å²) in [4.78, 5) is 10.0. The Balaban J connectivity index is 0.00000242. The third-order valence-corrected chi connectivity index (χ3v) is 5.24. The van der Waals surface area contributed by atoms with Gasteiger partial charge in [-0.25, -0.2) is 13.1 Å². The molecule has 2 atom stereocenters. The van der Waals surface area contributed by atoms with Gasteiger partial charge in [0.1, 0.15) is 0 Å². The normalized spacial score (nSPS) is 22.4. The topological polar surface area (TPSA) is 115 Å². The summed E-state index contributed by atoms with van der Waals surface area (Å²) >= 11 is 0. The van der Waals surface area contributed by atoms with Crippen molar-refractivity contribution in [3.8, 4) is 0 Å². The first kappa shape index (κ1) is 18.8. The smallest absolute Gasteiger partial charge is 0.269 e. The molecule has 0 heterocycles. The van der Waals surface area contributed by atoms with Crippen LogP contribution in [-0.2, 0) is 10.0 Å². The molecule has 0 bridgehead atoms. The highest BCUT2D eigenvalue weighted by molar-refractivity contribution is 7.89. The molecule has 1 aliphatic rings. The third-order valence-electron chi connectivity index (χ3n) is 3.73. The maximum absolute atomic E-state index is 12.3. The Bertz CT molecular complexity index is 606. The van der Waals surface area contributed by atoms with Crippen molar-refractivity contribution in [1.29, 1.82) is 0 Å². The van der Waals surface area contributed by atoms with Crippen LogP contribution in [0.3, 0.4) is 0 Å². The van der Waals surface area contributed by atoms with Gasteiger partial charge in [-0.05, 0) is 25.0 Å². The fourth-order valence-electron chi connectivity index (χ4n) is 2.50. The molecule has 3 N–H and O–H groups in total. The van der Waals surface area contributed by atoms with Crippen LogP contribution in [0.25, 0.3) is 0 Å². The summed E-state index contributed by atoms with van der Waals surface area (Å²) in [6.45, 7) is 0. The summed E-state index contributed by atoms with van der Waals surface area (Å²) in [7, 11) is -3.70. The van der Waals surface area contributed by atoms with E-state index in [2.05, 4.69) is 4.72 Å². The fourth-order valence-corrected chi connectivity index (χ4v) is 3.82. The number of sulfonamides is 1. The van der Waals surface area contributed by atoms with Gasteiger partial charge in [0.15, 0.2) is 0 Å². The van der Waals surface area contributed by atoms with Crippen LogP contribution < -0.4 is 10.5 Å². The predicted molar refractivity (Wildman–Crippen MR) is 85.5 cm³/mol. The van der Waals surface area contributed by atoms with Gasteiger partial charge in [0.05, 0.1) is 9.82 Å². The highest BCUT2D eigenvalue weighted by atomic mass is 35.5. The highest BCUT2D eigenvalue weighted by Crippen LogP contribution is 2.20. The zero-order valence-corrected chi connectivity index (χ0v) is 13.6. The van der Waals surface area contributed by atoms with Crippen LogP contribution in [0.1, 0.15) is 32.1 Å². The van der Waals surface area contributed by atoms with Crippen LogP contribution in [0.2, 0.25) is 0 Å². The first-order chi connectivity index (χ1) is 9.90. The molecule has 1 fully saturated rings. The molecule has 22 heavy (non-hydrogen) atoms. The van der Waals surface area contributed by atoms with Crippen molar-refractivity contribution in [1.82, 2.24) is 4.72 Å². The van der Waals surface area contributed by atoms with Crippen molar-refractivity contribution in [2.24, 2.45) is 5.73 Å². The Morgan fingerprint density at radius 2 is 1.73 bits per heavy atom. The molecule has 0 amide bonds. The van der Waals surface area contributed by atoms with E-state index in [-0.39, 0.29) is 35.1 Å². The number of nitrogens with zero attached hydrogens (tertiary/aromatic N) is 1. The number of nitro benzene ring substituents is 1. The largest absolute Gasteiger partial charge is 0.326 e. The lowest BCUT2D eigenvalue weighted by molar-refractivity contribution is -0.384. The van der Waals surface area contributed by atoms with E-state index in [1.54, 1.807) is 0 Å². The van der Waals surface area contributed by atoms with Crippen LogP contribution in [0.5, 0.6) is 0 Å². The van der Waals surface area contributed by atoms with Crippen LogP contribution >= 0.6 is 12.4 Å². The summed E-state index contributed by atoms with van der Waals surface area (Å²) in [6.07, 6.45) is 4.53. The molecule has 1 aliphatic carbocycles. The molecule has 0 saturated heterocycles. The van der Waals surface area contributed by atoms with Crippen LogP contribution in [0, 0.1) is 10.1 Å². The number of benzene rings is 1. The van der Waals surface area contributed by atoms with E-state index in [1.165, 1.54) is 24.3 Å². The molecular formula is C13H20ClN3O4S. The molecule has 7 nitrogen and oxygen atoms in total. The highest BCUT2D eigenvalue weighted by Gasteiger charge is 2.26. The van der Waals surface area contributed by atoms with E-state index >= 15 is 0 Å². The lowest BCUT2D eigenvalue weighted by atomic mass is 10.1. The lowest BCUT2D eigenvalue weighted by Gasteiger charge is -2.22. The van der Waals surface area contributed by atoms with E-state index in [9.17, 15) is 18.5 Å². The van der Waals surface area contributed by atoms with E-state index in [4.69, 9.17) is 5.73 Å². The first-order valence-corrected chi connectivity index (χ1v) is 8.41. The first-order valence-electron chi connectivity index (χ1n) is 6.92. The molecule has 9 heteroatoms. The predicted octanol–water partition coefficient (Wildman–Crippen LogP) is 1.95. The molecule has 0 radical (unpaired) electrons. The Hall–Kier alpha value is -1.22. The third kappa shape index (κ3) is 4.64. The second kappa shape index (κ2) is 7.87. The molecule has 0 spiro atoms. The zero-order valence-electron chi connectivity index (χ0n) is 12.0. The van der Waals surface area contributed by atoms with Crippen molar-refractivity contribution >= 4 is 28.1 Å². The number of nitrogens with one attached hydrogen (secondary N) is 1. The van der Waals surface area contributed by atoms with Crippen molar-refractivity contribution in [3.05, 3.63) is 34.4 Å². The Labute approximate surface area is 135 Å². The van der Waals surface area contributed by atoms with Gasteiger partial charge in [0.25, 0.3) is 5.69 Å². The van der Waals surface area contributed by atoms with Crippen LogP contribution in [0.4, 0.5) is 5.69 Å². The number of non-ortho nitro benzene ring substituents is 1. The summed E-state index contributed by atoms with van der Waals surface area (Å²) in [5.74, 6) is 0. The number of rotatable bonds is 4. The summed E-state index contributed by atoms with van der Waals surface area (Å²) in [5.41, 5.74) is 5.87. The fraction of sp³-hybridized carbons (Fsp3) is 0.538. The van der Waals surface area contributed by atoms with Gasteiger partial charge in [-0.1, -0.05) is 19.3 Å². The standard InChI is InChI=1S/C13H19N3O4S.ClH/c14-12-4-2-1-3-5-13(12)15-21(19,20)11-8-6-10(7-9-11)16(17)18;/h6-9,12-13,15H,1-5,14H2;1H/t12-,13-;/m1./s1. The van der Waals surface area contributed by atoms with E-state index < -0.39 is 14.9 Å². The van der Waals surface area contributed by atoms with Gasteiger partial charge in [-0.15, -0.1) is 12.4 Å². The maximum atomic E-state index is 12.3. The molecule has 1 aromatic carbocycles. The molecule has 2 rings (SSSR count). The second-order valence-corrected chi connectivity index (χ2v) is 6.99. The Morgan fingerprint density at radius 3 is 2.32 bits per heavy atom. The summed E-state index contributed by atoms with van der Waals surface area (Å²) in [6, 6.07) is 4.36. The van der Waals surface area contributed by atoms with Crippen molar-refractivity contribution in [3.63, 3.8) is 0 Å². The van der Waals surface area contributed by atoms with Gasteiger partial charge in [-0.3, -0.25) is 10.1 Å². The van der Waals surface area contributed by atoms with Gasteiger partial charge >= 0.3 is 0 Å². The molecule has 1 saturated carbocycles. The molecular weight excluding hydrogens is 330 g/mol. The minimum atomic E-state index is -3.70. The monoisotopic (exact) mass is 349 g/mol. The lowest BCUT2D eigenvalue weighted by Crippen LogP contribution is -2.46. The van der Waals surface area contributed by atoms with Crippen molar-refractivity contribution in [2.45, 2.75) is 49.1 Å². The minimum absolute atomic E-state index is 0. The molecule has 0 unspecified atom stereocenters. The van der Waals surface area contributed by atoms with Crippen LogP contribution in [-0.4, -0.2) is 25.4 Å². The van der Waals surface area contributed by atoms with Gasteiger partial charge in [0, 0.05) is 24.2 Å². The van der Waals surface area contributed by atoms with E-state index in [1.807, 2.05) is 0 Å². The second-order valence-electron chi connectivity index (χ2n) is 5.28. The average Bonchev–Trinajstić information content (AvgIpc) is 2.64. The minimum Gasteiger partial charge on any atom is -0.326 e. The molecule has 1 aromatic rings. The number of nitrogens with two attached hydrogens (primary N) is 1. The number of hydrogen-bond donors (Lipinski definition) is 2. The zero-order chi connectivity index (χ0) is 15.5. The SMILES string of the molecule is Cl.N[C@@H]1CCCCC[C@H]1NS(=O)(=O)c1ccc([N+](=O)[O-])cc1. The molecule has 0 aliphatic heterocycles. The van der Waals surface area contributed by atoms with E-state index in [0.717, 1.165) is 25.7 Å². The number of hydrogen-bond acceptors (Lipinski definition) is 5. The number of halogens is 1. The molecule has 0 aromatic heterocycles. The van der Waals surface area contributed by atoms with Crippen molar-refractivity contribution in [2.75, 3.05) is 0 Å². The van der Waals surface area contributed by atoms with Gasteiger partial charge < -0.3 is 5.73 Å². The van der Waals surface area contributed by atoms with E-state index in [0.29, 0.717) is 6.42 Å². The summed E-state index contributed by atoms with van der Waals surface area (Å²) in [5, 5.41) is 10.6.